The van der Waals surface area contributed by atoms with Gasteiger partial charge in [0, 0.05) is 19.6 Å². The average Bonchev–Trinajstić information content (AvgIpc) is 3.47. The van der Waals surface area contributed by atoms with Gasteiger partial charge in [0.05, 0.1) is 31.2 Å². The number of likely N-dealkylation sites (tertiary alicyclic amines) is 1. The summed E-state index contributed by atoms with van der Waals surface area (Å²) in [7, 11) is 0. The van der Waals surface area contributed by atoms with E-state index in [9.17, 15) is 19.5 Å². The number of hydrogen-bond acceptors (Lipinski definition) is 6. The summed E-state index contributed by atoms with van der Waals surface area (Å²) in [6.45, 7) is 7.95. The van der Waals surface area contributed by atoms with Crippen LogP contribution in [0.5, 0.6) is 0 Å². The predicted octanol–water partition coefficient (Wildman–Crippen LogP) is 1.69. The van der Waals surface area contributed by atoms with Crippen molar-refractivity contribution in [2.24, 2.45) is 11.8 Å². The van der Waals surface area contributed by atoms with Crippen LogP contribution in [0, 0.1) is 11.8 Å². The first kappa shape index (κ1) is 24.2. The Morgan fingerprint density at radius 3 is 2.71 bits per heavy atom. The number of benzene rings is 1. The van der Waals surface area contributed by atoms with Gasteiger partial charge in [-0.15, -0.1) is 13.2 Å². The molecule has 0 saturated carbocycles. The molecule has 3 saturated heterocycles. The van der Waals surface area contributed by atoms with E-state index < -0.39 is 35.6 Å². The molecule has 0 radical (unpaired) electrons. The number of fused-ring (bicyclic) bond motifs is 1. The van der Waals surface area contributed by atoms with E-state index in [1.165, 1.54) is 4.90 Å². The van der Waals surface area contributed by atoms with Gasteiger partial charge in [0.25, 0.3) is 0 Å². The minimum Gasteiger partial charge on any atom is -0.465 e. The van der Waals surface area contributed by atoms with Gasteiger partial charge in [0.1, 0.15) is 11.6 Å². The first-order valence-corrected chi connectivity index (χ1v) is 11.8. The third-order valence-electron chi connectivity index (χ3n) is 7.09. The average molecular weight is 469 g/mol. The topological polar surface area (TPSA) is 96.4 Å². The largest absolute Gasteiger partial charge is 0.465 e. The van der Waals surface area contributed by atoms with E-state index in [-0.39, 0.29) is 31.6 Å². The summed E-state index contributed by atoms with van der Waals surface area (Å²) in [5.41, 5.74) is -0.156. The Hall–Kier alpha value is -2.97. The number of nitrogens with zero attached hydrogens (tertiary/aromatic N) is 2. The molecule has 1 aromatic carbocycles. The van der Waals surface area contributed by atoms with Gasteiger partial charge in [0.2, 0.25) is 11.8 Å². The van der Waals surface area contributed by atoms with Gasteiger partial charge < -0.3 is 24.4 Å². The molecule has 1 spiro atoms. The van der Waals surface area contributed by atoms with Crippen molar-refractivity contribution >= 4 is 17.8 Å². The van der Waals surface area contributed by atoms with Crippen molar-refractivity contribution in [1.29, 1.82) is 0 Å². The number of carbonyl (C=O) groups excluding carboxylic acids is 3. The highest BCUT2D eigenvalue weighted by Gasteiger charge is 2.75. The Balaban J connectivity index is 1.65. The predicted molar refractivity (Wildman–Crippen MR) is 124 cm³/mol. The lowest BCUT2D eigenvalue weighted by Gasteiger charge is -2.36. The Morgan fingerprint density at radius 2 is 2.03 bits per heavy atom. The highest BCUT2D eigenvalue weighted by Crippen LogP contribution is 2.58. The van der Waals surface area contributed by atoms with E-state index in [1.54, 1.807) is 17.1 Å². The maximum atomic E-state index is 14.0. The van der Waals surface area contributed by atoms with Crippen molar-refractivity contribution in [2.45, 2.75) is 43.6 Å². The normalized spacial score (nSPS) is 29.1. The number of hydrogen-bond donors (Lipinski definition) is 1. The van der Waals surface area contributed by atoms with Crippen molar-refractivity contribution in [1.82, 2.24) is 9.80 Å². The second-order valence-electron chi connectivity index (χ2n) is 9.05. The number of aliphatic hydroxyl groups excluding tert-OH is 1. The van der Waals surface area contributed by atoms with E-state index in [0.29, 0.717) is 32.4 Å². The highest BCUT2D eigenvalue weighted by molar-refractivity contribution is 5.98. The quantitative estimate of drug-likeness (QED) is 0.302. The molecule has 3 aliphatic heterocycles. The fourth-order valence-corrected chi connectivity index (χ4v) is 5.75. The number of rotatable bonds is 11. The Kier molecular flexibility index (Phi) is 7.19. The zero-order chi connectivity index (χ0) is 24.3. The number of β-amino-alcohol motifs (C(OH)–C–C–N with tert-alkyl or cyclic N) is 1. The second kappa shape index (κ2) is 10.1. The molecule has 8 heteroatoms. The van der Waals surface area contributed by atoms with Crippen LogP contribution in [0.1, 0.15) is 24.8 Å². The molecule has 8 nitrogen and oxygen atoms in total. The van der Waals surface area contributed by atoms with Crippen molar-refractivity contribution < 1.29 is 29.0 Å². The maximum absolute atomic E-state index is 14.0. The molecular formula is C26H32N2O6. The molecule has 0 aliphatic carbocycles. The maximum Gasteiger partial charge on any atom is 0.312 e. The summed E-state index contributed by atoms with van der Waals surface area (Å²) in [4.78, 5) is 43.6. The molecule has 3 fully saturated rings. The monoisotopic (exact) mass is 468 g/mol. The molecule has 3 heterocycles. The number of aliphatic hydroxyl groups is 1. The molecule has 2 unspecified atom stereocenters. The van der Waals surface area contributed by atoms with Crippen LogP contribution in [0.2, 0.25) is 0 Å². The van der Waals surface area contributed by atoms with E-state index in [2.05, 4.69) is 13.2 Å². The van der Waals surface area contributed by atoms with E-state index in [0.717, 1.165) is 5.56 Å². The van der Waals surface area contributed by atoms with Crippen LogP contribution in [0.3, 0.4) is 0 Å². The number of esters is 1. The van der Waals surface area contributed by atoms with E-state index in [1.807, 2.05) is 30.3 Å². The summed E-state index contributed by atoms with van der Waals surface area (Å²) >= 11 is 0. The lowest BCUT2D eigenvalue weighted by Crippen LogP contribution is -2.56. The van der Waals surface area contributed by atoms with Gasteiger partial charge in [-0.25, -0.2) is 0 Å². The van der Waals surface area contributed by atoms with Crippen LogP contribution < -0.4 is 0 Å². The Morgan fingerprint density at radius 1 is 1.26 bits per heavy atom. The van der Waals surface area contributed by atoms with E-state index >= 15 is 0 Å². The van der Waals surface area contributed by atoms with Crippen molar-refractivity contribution in [3.8, 4) is 0 Å². The summed E-state index contributed by atoms with van der Waals surface area (Å²) in [5, 5.41) is 9.69. The minimum atomic E-state index is -1.10. The molecule has 34 heavy (non-hydrogen) atoms. The first-order valence-electron chi connectivity index (χ1n) is 11.8. The molecular weight excluding hydrogens is 436 g/mol. The van der Waals surface area contributed by atoms with Crippen LogP contribution in [-0.2, 0) is 30.4 Å². The third kappa shape index (κ3) is 4.05. The van der Waals surface area contributed by atoms with Crippen LogP contribution in [0.25, 0.3) is 0 Å². The molecule has 4 rings (SSSR count). The molecule has 3 aliphatic rings. The summed E-state index contributed by atoms with van der Waals surface area (Å²) in [6.07, 6.45) is 4.43. The molecule has 1 aromatic rings. The van der Waals surface area contributed by atoms with E-state index in [4.69, 9.17) is 9.47 Å². The van der Waals surface area contributed by atoms with Crippen molar-refractivity contribution in [3.05, 3.63) is 61.2 Å². The molecule has 5 atom stereocenters. The zero-order valence-corrected chi connectivity index (χ0v) is 19.3. The summed E-state index contributed by atoms with van der Waals surface area (Å²) < 4.78 is 11.8. The molecule has 1 N–H and O–H groups in total. The van der Waals surface area contributed by atoms with Crippen molar-refractivity contribution in [2.75, 3.05) is 26.3 Å². The van der Waals surface area contributed by atoms with Crippen molar-refractivity contribution in [3.63, 3.8) is 0 Å². The van der Waals surface area contributed by atoms with Crippen LogP contribution in [0.15, 0.2) is 55.6 Å². The molecule has 0 aromatic heterocycles. The van der Waals surface area contributed by atoms with Gasteiger partial charge in [-0.1, -0.05) is 42.5 Å². The smallest absolute Gasteiger partial charge is 0.312 e. The Bertz CT molecular complexity index is 950. The summed E-state index contributed by atoms with van der Waals surface area (Å²) in [5.74, 6) is -2.64. The Labute approximate surface area is 199 Å². The fourth-order valence-electron chi connectivity index (χ4n) is 5.75. The second-order valence-corrected chi connectivity index (χ2v) is 9.05. The van der Waals surface area contributed by atoms with Crippen LogP contribution >= 0.6 is 0 Å². The van der Waals surface area contributed by atoms with Gasteiger partial charge in [-0.3, -0.25) is 14.4 Å². The van der Waals surface area contributed by atoms with Crippen LogP contribution in [0.4, 0.5) is 0 Å². The number of amides is 2. The van der Waals surface area contributed by atoms with Gasteiger partial charge in [-0.05, 0) is 24.8 Å². The van der Waals surface area contributed by atoms with Gasteiger partial charge in [0.15, 0.2) is 0 Å². The van der Waals surface area contributed by atoms with Gasteiger partial charge in [-0.2, -0.15) is 0 Å². The number of carbonyl (C=O) groups is 3. The summed E-state index contributed by atoms with van der Waals surface area (Å²) in [6, 6.07) is 8.66. The highest BCUT2D eigenvalue weighted by atomic mass is 16.6. The third-order valence-corrected chi connectivity index (χ3v) is 7.09. The SMILES string of the molecule is C=CCCOC(=O)[C@@H]1[C@H]2C(=O)N(CCO)C(C(=O)N(CC=C)Cc3ccccc3)C23CC[C@H]1O3. The van der Waals surface area contributed by atoms with Gasteiger partial charge >= 0.3 is 5.97 Å². The lowest BCUT2D eigenvalue weighted by atomic mass is 9.70. The standard InChI is InChI=1S/C26H32N2O6/c1-3-5-16-33-25(32)20-19-11-12-26(34-19)21(20)23(30)28(14-15-29)22(26)24(31)27(13-4-2)17-18-9-7-6-8-10-18/h3-4,6-10,19-22,29H,1-2,5,11-17H2/t19-,20+,21+,22?,26?/m1/s1. The fraction of sp³-hybridized carbons (Fsp3) is 0.500. The molecule has 2 amide bonds. The zero-order valence-electron chi connectivity index (χ0n) is 19.3. The molecule has 2 bridgehead atoms. The minimum absolute atomic E-state index is 0.00693. The number of ether oxygens (including phenoxy) is 2. The van der Waals surface area contributed by atoms with Crippen LogP contribution in [-0.4, -0.2) is 76.7 Å². The first-order chi connectivity index (χ1) is 16.5. The molecule has 182 valence electrons. The lowest BCUT2D eigenvalue weighted by molar-refractivity contribution is -0.155.